The van der Waals surface area contributed by atoms with Crippen LogP contribution in [0, 0.1) is 11.8 Å². The minimum Gasteiger partial charge on any atom is -0.481 e. The number of nitrogens with one attached hydrogen (secondary N) is 1. The summed E-state index contributed by atoms with van der Waals surface area (Å²) in [6, 6.07) is 7.88. The average molecular weight is 307 g/mol. The molecule has 3 N–H and O–H groups in total. The SMILES string of the molecule is O=C(NC(C(=O)O)C1CC(C(=O)O)C1)OCc1ccccc1. The Hall–Kier alpha value is -2.57. The first-order chi connectivity index (χ1) is 10.5. The van der Waals surface area contributed by atoms with E-state index < -0.39 is 30.0 Å². The van der Waals surface area contributed by atoms with Crippen molar-refractivity contribution in [2.75, 3.05) is 0 Å². The number of hydrogen-bond acceptors (Lipinski definition) is 4. The van der Waals surface area contributed by atoms with E-state index >= 15 is 0 Å². The number of carboxylic acid groups (broad SMARTS) is 2. The van der Waals surface area contributed by atoms with E-state index in [0.29, 0.717) is 0 Å². The molecular formula is C15H17NO6. The highest BCUT2D eigenvalue weighted by Crippen LogP contribution is 2.36. The molecule has 1 aromatic rings. The van der Waals surface area contributed by atoms with Gasteiger partial charge in [-0.3, -0.25) is 4.79 Å². The first-order valence-electron chi connectivity index (χ1n) is 6.90. The molecule has 1 fully saturated rings. The Morgan fingerprint density at radius 2 is 1.82 bits per heavy atom. The predicted molar refractivity (Wildman–Crippen MR) is 75.0 cm³/mol. The molecule has 1 atom stereocenters. The van der Waals surface area contributed by atoms with Gasteiger partial charge in [-0.15, -0.1) is 0 Å². The van der Waals surface area contributed by atoms with Crippen LogP contribution in [0.5, 0.6) is 0 Å². The molecule has 2 rings (SSSR count). The van der Waals surface area contributed by atoms with E-state index in [-0.39, 0.29) is 25.4 Å². The Kier molecular flexibility index (Phi) is 4.98. The number of carboxylic acids is 2. The summed E-state index contributed by atoms with van der Waals surface area (Å²) in [6.45, 7) is 0.0431. The van der Waals surface area contributed by atoms with Crippen molar-refractivity contribution in [2.45, 2.75) is 25.5 Å². The van der Waals surface area contributed by atoms with Crippen molar-refractivity contribution >= 4 is 18.0 Å². The monoisotopic (exact) mass is 307 g/mol. The molecule has 22 heavy (non-hydrogen) atoms. The summed E-state index contributed by atoms with van der Waals surface area (Å²) in [5.41, 5.74) is 0.791. The van der Waals surface area contributed by atoms with Crippen LogP contribution in [0.4, 0.5) is 4.79 Å². The van der Waals surface area contributed by atoms with Crippen LogP contribution in [0.1, 0.15) is 18.4 Å². The van der Waals surface area contributed by atoms with Gasteiger partial charge in [0, 0.05) is 0 Å². The standard InChI is InChI=1S/C15H17NO6/c17-13(18)11-6-10(7-11)12(14(19)20)16-15(21)22-8-9-4-2-1-3-5-9/h1-5,10-12H,6-8H2,(H,16,21)(H,17,18)(H,19,20). The number of hydrogen-bond donors (Lipinski definition) is 3. The van der Waals surface area contributed by atoms with Gasteiger partial charge >= 0.3 is 18.0 Å². The van der Waals surface area contributed by atoms with Gasteiger partial charge < -0.3 is 20.3 Å². The number of benzene rings is 1. The number of carbonyl (C=O) groups is 3. The van der Waals surface area contributed by atoms with E-state index in [1.54, 1.807) is 24.3 Å². The maximum Gasteiger partial charge on any atom is 0.408 e. The fourth-order valence-corrected chi connectivity index (χ4v) is 2.41. The fraction of sp³-hybridized carbons (Fsp3) is 0.400. The van der Waals surface area contributed by atoms with Crippen LogP contribution in [0.25, 0.3) is 0 Å². The summed E-state index contributed by atoms with van der Waals surface area (Å²) in [5.74, 6) is -3.05. The topological polar surface area (TPSA) is 113 Å². The highest BCUT2D eigenvalue weighted by atomic mass is 16.5. The van der Waals surface area contributed by atoms with Gasteiger partial charge in [-0.2, -0.15) is 0 Å². The highest BCUT2D eigenvalue weighted by molar-refractivity contribution is 5.81. The second-order valence-corrected chi connectivity index (χ2v) is 5.29. The molecule has 0 saturated heterocycles. The minimum atomic E-state index is -1.19. The molecule has 7 heteroatoms. The molecule has 0 bridgehead atoms. The van der Waals surface area contributed by atoms with Crippen LogP contribution in [0.2, 0.25) is 0 Å². The molecular weight excluding hydrogens is 290 g/mol. The number of alkyl carbamates (subject to hydrolysis) is 1. The van der Waals surface area contributed by atoms with Crippen molar-refractivity contribution in [1.82, 2.24) is 5.32 Å². The molecule has 1 amide bonds. The van der Waals surface area contributed by atoms with Crippen LogP contribution >= 0.6 is 0 Å². The van der Waals surface area contributed by atoms with Gasteiger partial charge in [0.05, 0.1) is 5.92 Å². The fourth-order valence-electron chi connectivity index (χ4n) is 2.41. The molecule has 1 unspecified atom stereocenters. The number of ether oxygens (including phenoxy) is 1. The van der Waals surface area contributed by atoms with Crippen LogP contribution in [-0.2, 0) is 20.9 Å². The predicted octanol–water partition coefficient (Wildman–Crippen LogP) is 1.48. The van der Waals surface area contributed by atoms with E-state index in [1.807, 2.05) is 6.07 Å². The third-order valence-electron chi connectivity index (χ3n) is 3.75. The van der Waals surface area contributed by atoms with Crippen LogP contribution in [-0.4, -0.2) is 34.3 Å². The molecule has 0 aliphatic heterocycles. The smallest absolute Gasteiger partial charge is 0.408 e. The van der Waals surface area contributed by atoms with Crippen molar-refractivity contribution < 1.29 is 29.3 Å². The Morgan fingerprint density at radius 3 is 2.36 bits per heavy atom. The highest BCUT2D eigenvalue weighted by Gasteiger charge is 2.42. The molecule has 118 valence electrons. The molecule has 1 aromatic carbocycles. The van der Waals surface area contributed by atoms with E-state index in [2.05, 4.69) is 5.32 Å². The molecule has 1 aliphatic rings. The molecule has 0 aromatic heterocycles. The van der Waals surface area contributed by atoms with Crippen LogP contribution in [0.15, 0.2) is 30.3 Å². The van der Waals surface area contributed by atoms with E-state index in [1.165, 1.54) is 0 Å². The summed E-state index contributed by atoms with van der Waals surface area (Å²) < 4.78 is 4.97. The van der Waals surface area contributed by atoms with Crippen LogP contribution < -0.4 is 5.32 Å². The molecule has 7 nitrogen and oxygen atoms in total. The number of rotatable bonds is 6. The van der Waals surface area contributed by atoms with E-state index in [4.69, 9.17) is 14.9 Å². The molecule has 1 aliphatic carbocycles. The Bertz CT molecular complexity index is 552. The maximum absolute atomic E-state index is 11.7. The van der Waals surface area contributed by atoms with E-state index in [0.717, 1.165) is 5.56 Å². The third kappa shape index (κ3) is 3.97. The van der Waals surface area contributed by atoms with Crippen LogP contribution in [0.3, 0.4) is 0 Å². The lowest BCUT2D eigenvalue weighted by molar-refractivity contribution is -0.151. The Morgan fingerprint density at radius 1 is 1.18 bits per heavy atom. The van der Waals surface area contributed by atoms with Gasteiger partial charge in [0.1, 0.15) is 12.6 Å². The lowest BCUT2D eigenvalue weighted by Crippen LogP contribution is -2.51. The summed E-state index contributed by atoms with van der Waals surface area (Å²) in [5, 5.41) is 20.2. The maximum atomic E-state index is 11.7. The zero-order valence-electron chi connectivity index (χ0n) is 11.8. The molecule has 0 radical (unpaired) electrons. The lowest BCUT2D eigenvalue weighted by atomic mass is 9.71. The minimum absolute atomic E-state index is 0.0431. The Balaban J connectivity index is 1.82. The van der Waals surface area contributed by atoms with Gasteiger partial charge in [0.2, 0.25) is 0 Å². The third-order valence-corrected chi connectivity index (χ3v) is 3.75. The summed E-state index contributed by atoms with van der Waals surface area (Å²) in [4.78, 5) is 33.6. The second-order valence-electron chi connectivity index (χ2n) is 5.29. The van der Waals surface area contributed by atoms with Crippen molar-refractivity contribution in [2.24, 2.45) is 11.8 Å². The van der Waals surface area contributed by atoms with Gasteiger partial charge in [-0.05, 0) is 24.3 Å². The zero-order chi connectivity index (χ0) is 16.1. The first kappa shape index (κ1) is 15.8. The summed E-state index contributed by atoms with van der Waals surface area (Å²) >= 11 is 0. The molecule has 0 heterocycles. The molecule has 0 spiro atoms. The Labute approximate surface area is 126 Å². The van der Waals surface area contributed by atoms with Crippen molar-refractivity contribution in [3.8, 4) is 0 Å². The number of carbonyl (C=O) groups excluding carboxylic acids is 1. The largest absolute Gasteiger partial charge is 0.481 e. The summed E-state index contributed by atoms with van der Waals surface area (Å²) in [7, 11) is 0. The zero-order valence-corrected chi connectivity index (χ0v) is 11.8. The number of aliphatic carboxylic acids is 2. The van der Waals surface area contributed by atoms with Gasteiger partial charge in [0.25, 0.3) is 0 Å². The lowest BCUT2D eigenvalue weighted by Gasteiger charge is -2.36. The second kappa shape index (κ2) is 6.93. The normalized spacial score (nSPS) is 21.3. The average Bonchev–Trinajstić information content (AvgIpc) is 2.43. The van der Waals surface area contributed by atoms with Crippen molar-refractivity contribution in [1.29, 1.82) is 0 Å². The van der Waals surface area contributed by atoms with Gasteiger partial charge in [0.15, 0.2) is 0 Å². The van der Waals surface area contributed by atoms with Crippen molar-refractivity contribution in [3.63, 3.8) is 0 Å². The van der Waals surface area contributed by atoms with Gasteiger partial charge in [-0.25, -0.2) is 9.59 Å². The van der Waals surface area contributed by atoms with Gasteiger partial charge in [-0.1, -0.05) is 30.3 Å². The number of amides is 1. The van der Waals surface area contributed by atoms with E-state index in [9.17, 15) is 14.4 Å². The quantitative estimate of drug-likeness (QED) is 0.733. The van der Waals surface area contributed by atoms with Crippen molar-refractivity contribution in [3.05, 3.63) is 35.9 Å². The first-order valence-corrected chi connectivity index (χ1v) is 6.90. The summed E-state index contributed by atoms with van der Waals surface area (Å²) in [6.07, 6.45) is -0.341. The molecule has 1 saturated carbocycles.